The summed E-state index contributed by atoms with van der Waals surface area (Å²) >= 11 is 0. The molecule has 0 aromatic rings. The van der Waals surface area contributed by atoms with Crippen LogP contribution < -0.4 is 0 Å². The largest absolute Gasteiger partial charge is 0.0993 e. The minimum Gasteiger partial charge on any atom is -0.0993 e. The van der Waals surface area contributed by atoms with E-state index in [9.17, 15) is 0 Å². The highest BCUT2D eigenvalue weighted by molar-refractivity contribution is 5.08. The number of rotatable bonds is 2. The monoisotopic (exact) mass is 164 g/mol. The van der Waals surface area contributed by atoms with Gasteiger partial charge in [0.05, 0.1) is 0 Å². The van der Waals surface area contributed by atoms with Crippen LogP contribution in [0.3, 0.4) is 0 Å². The summed E-state index contributed by atoms with van der Waals surface area (Å²) in [6, 6.07) is 0. The van der Waals surface area contributed by atoms with Crippen LogP contribution in [0.15, 0.2) is 12.2 Å². The molecule has 0 aromatic heterocycles. The molecule has 2 aliphatic carbocycles. The number of allylic oxidation sites excluding steroid dienone is 1. The number of hydrogen-bond acceptors (Lipinski definition) is 0. The fourth-order valence-corrected chi connectivity index (χ4v) is 2.93. The van der Waals surface area contributed by atoms with E-state index in [0.717, 1.165) is 11.8 Å². The van der Waals surface area contributed by atoms with Crippen LogP contribution in [-0.2, 0) is 0 Å². The molecule has 0 heteroatoms. The molecular weight excluding hydrogens is 144 g/mol. The van der Waals surface area contributed by atoms with Crippen molar-refractivity contribution in [1.29, 1.82) is 0 Å². The van der Waals surface area contributed by atoms with E-state index in [1.54, 1.807) is 5.57 Å². The van der Waals surface area contributed by atoms with Crippen molar-refractivity contribution in [3.05, 3.63) is 12.2 Å². The zero-order valence-corrected chi connectivity index (χ0v) is 8.02. The van der Waals surface area contributed by atoms with Crippen LogP contribution in [0.25, 0.3) is 0 Å². The van der Waals surface area contributed by atoms with E-state index in [1.807, 2.05) is 0 Å². The molecule has 2 fully saturated rings. The molecule has 0 aromatic carbocycles. The van der Waals surface area contributed by atoms with Crippen LogP contribution in [0.5, 0.6) is 0 Å². The summed E-state index contributed by atoms with van der Waals surface area (Å²) in [4.78, 5) is 0. The van der Waals surface area contributed by atoms with Gasteiger partial charge < -0.3 is 0 Å². The number of hydrogen-bond donors (Lipinski definition) is 0. The lowest BCUT2D eigenvalue weighted by Gasteiger charge is -2.18. The van der Waals surface area contributed by atoms with Crippen molar-refractivity contribution >= 4 is 0 Å². The fourth-order valence-electron chi connectivity index (χ4n) is 2.93. The smallest absolute Gasteiger partial charge is 0.0203 e. The van der Waals surface area contributed by atoms with E-state index in [-0.39, 0.29) is 0 Å². The zero-order chi connectivity index (χ0) is 8.39. The highest BCUT2D eigenvalue weighted by Gasteiger charge is 2.25. The SMILES string of the molecule is C=C(C1CCCC1)C1CCCC1. The van der Waals surface area contributed by atoms with Crippen LogP contribution in [0.1, 0.15) is 51.4 Å². The molecule has 0 aliphatic heterocycles. The molecule has 0 N–H and O–H groups in total. The molecule has 0 amide bonds. The van der Waals surface area contributed by atoms with Crippen LogP contribution >= 0.6 is 0 Å². The lowest BCUT2D eigenvalue weighted by atomic mass is 9.87. The molecule has 0 unspecified atom stereocenters. The van der Waals surface area contributed by atoms with Gasteiger partial charge in [-0.1, -0.05) is 37.8 Å². The summed E-state index contributed by atoms with van der Waals surface area (Å²) in [7, 11) is 0. The third kappa shape index (κ3) is 1.57. The Labute approximate surface area is 76.1 Å². The minimum atomic E-state index is 0.910. The Morgan fingerprint density at radius 2 is 1.08 bits per heavy atom. The van der Waals surface area contributed by atoms with Crippen molar-refractivity contribution in [2.75, 3.05) is 0 Å². The Balaban J connectivity index is 1.89. The molecule has 0 spiro atoms. The van der Waals surface area contributed by atoms with Gasteiger partial charge in [0.15, 0.2) is 0 Å². The van der Waals surface area contributed by atoms with Gasteiger partial charge in [-0.2, -0.15) is 0 Å². The molecule has 12 heavy (non-hydrogen) atoms. The maximum Gasteiger partial charge on any atom is -0.0203 e. The Kier molecular flexibility index (Phi) is 2.53. The van der Waals surface area contributed by atoms with Gasteiger partial charge in [-0.15, -0.1) is 0 Å². The first kappa shape index (κ1) is 8.34. The molecular formula is C12H20. The second kappa shape index (κ2) is 3.64. The predicted octanol–water partition coefficient (Wildman–Crippen LogP) is 3.92. The van der Waals surface area contributed by atoms with Crippen molar-refractivity contribution in [3.63, 3.8) is 0 Å². The van der Waals surface area contributed by atoms with Gasteiger partial charge in [0.25, 0.3) is 0 Å². The van der Waals surface area contributed by atoms with Gasteiger partial charge >= 0.3 is 0 Å². The van der Waals surface area contributed by atoms with E-state index < -0.39 is 0 Å². The van der Waals surface area contributed by atoms with Gasteiger partial charge in [-0.05, 0) is 37.5 Å². The molecule has 0 atom stereocenters. The summed E-state index contributed by atoms with van der Waals surface area (Å²) < 4.78 is 0. The quantitative estimate of drug-likeness (QED) is 0.543. The first-order chi connectivity index (χ1) is 5.88. The van der Waals surface area contributed by atoms with Gasteiger partial charge in [0.2, 0.25) is 0 Å². The second-order valence-electron chi connectivity index (χ2n) is 4.54. The molecule has 2 rings (SSSR count). The topological polar surface area (TPSA) is 0 Å². The Morgan fingerprint density at radius 3 is 1.42 bits per heavy atom. The molecule has 68 valence electrons. The van der Waals surface area contributed by atoms with E-state index >= 15 is 0 Å². The Bertz CT molecular complexity index is 139. The Hall–Kier alpha value is -0.260. The van der Waals surface area contributed by atoms with Crippen LogP contribution in [0, 0.1) is 11.8 Å². The summed E-state index contributed by atoms with van der Waals surface area (Å²) in [5.74, 6) is 1.82. The molecule has 0 heterocycles. The van der Waals surface area contributed by atoms with E-state index in [1.165, 1.54) is 51.4 Å². The normalized spacial score (nSPS) is 26.7. The van der Waals surface area contributed by atoms with Gasteiger partial charge in [-0.3, -0.25) is 0 Å². The first-order valence-corrected chi connectivity index (χ1v) is 5.56. The summed E-state index contributed by atoms with van der Waals surface area (Å²) in [5.41, 5.74) is 1.62. The minimum absolute atomic E-state index is 0.910. The van der Waals surface area contributed by atoms with Crippen molar-refractivity contribution in [3.8, 4) is 0 Å². The highest BCUT2D eigenvalue weighted by atomic mass is 14.3. The van der Waals surface area contributed by atoms with E-state index in [4.69, 9.17) is 0 Å². The molecule has 0 saturated heterocycles. The predicted molar refractivity (Wildman–Crippen MR) is 53.1 cm³/mol. The van der Waals surface area contributed by atoms with Crippen molar-refractivity contribution < 1.29 is 0 Å². The molecule has 0 radical (unpaired) electrons. The summed E-state index contributed by atoms with van der Waals surface area (Å²) in [5, 5.41) is 0. The van der Waals surface area contributed by atoms with Crippen LogP contribution in [-0.4, -0.2) is 0 Å². The van der Waals surface area contributed by atoms with Crippen LogP contribution in [0.4, 0.5) is 0 Å². The van der Waals surface area contributed by atoms with E-state index in [2.05, 4.69) is 6.58 Å². The second-order valence-corrected chi connectivity index (χ2v) is 4.54. The highest BCUT2D eigenvalue weighted by Crippen LogP contribution is 2.39. The third-order valence-corrected chi connectivity index (χ3v) is 3.76. The Morgan fingerprint density at radius 1 is 0.750 bits per heavy atom. The van der Waals surface area contributed by atoms with Crippen molar-refractivity contribution in [2.45, 2.75) is 51.4 Å². The van der Waals surface area contributed by atoms with Gasteiger partial charge in [0.1, 0.15) is 0 Å². The molecule has 0 nitrogen and oxygen atoms in total. The molecule has 2 aliphatic rings. The first-order valence-electron chi connectivity index (χ1n) is 5.56. The van der Waals surface area contributed by atoms with Crippen molar-refractivity contribution in [2.24, 2.45) is 11.8 Å². The third-order valence-electron chi connectivity index (χ3n) is 3.76. The van der Waals surface area contributed by atoms with E-state index in [0.29, 0.717) is 0 Å². The lowest BCUT2D eigenvalue weighted by molar-refractivity contribution is 0.517. The molecule has 2 saturated carbocycles. The summed E-state index contributed by atoms with van der Waals surface area (Å²) in [6.07, 6.45) is 11.6. The maximum atomic E-state index is 4.32. The summed E-state index contributed by atoms with van der Waals surface area (Å²) in [6.45, 7) is 4.32. The molecule has 0 bridgehead atoms. The standard InChI is InChI=1S/C12H20/c1-10(11-6-2-3-7-11)12-8-4-5-9-12/h11-12H,1-9H2. The van der Waals surface area contributed by atoms with Crippen LogP contribution in [0.2, 0.25) is 0 Å². The van der Waals surface area contributed by atoms with Gasteiger partial charge in [0, 0.05) is 0 Å². The van der Waals surface area contributed by atoms with Crippen molar-refractivity contribution in [1.82, 2.24) is 0 Å². The lowest BCUT2D eigenvalue weighted by Crippen LogP contribution is -2.06. The maximum absolute atomic E-state index is 4.32. The fraction of sp³-hybridized carbons (Fsp3) is 0.833. The average molecular weight is 164 g/mol. The van der Waals surface area contributed by atoms with Gasteiger partial charge in [-0.25, -0.2) is 0 Å². The zero-order valence-electron chi connectivity index (χ0n) is 8.02. The average Bonchev–Trinajstić information content (AvgIpc) is 2.77.